The quantitative estimate of drug-likeness (QED) is 0.529. The Hall–Kier alpha value is -2.34. The van der Waals surface area contributed by atoms with E-state index in [2.05, 4.69) is 58.1 Å². The molecule has 0 spiro atoms. The summed E-state index contributed by atoms with van der Waals surface area (Å²) in [6.07, 6.45) is 5.71. The van der Waals surface area contributed by atoms with Crippen LogP contribution in [0.1, 0.15) is 38.9 Å². The topological polar surface area (TPSA) is 59.6 Å². The normalized spacial score (nSPS) is 16.2. The van der Waals surface area contributed by atoms with Gasteiger partial charge in [-0.25, -0.2) is 4.98 Å². The molecule has 0 aliphatic carbocycles. The van der Waals surface area contributed by atoms with Crippen molar-refractivity contribution in [1.29, 1.82) is 0 Å². The third-order valence-electron chi connectivity index (χ3n) is 5.75. The van der Waals surface area contributed by atoms with Crippen LogP contribution in [0, 0.1) is 5.92 Å². The van der Waals surface area contributed by atoms with Gasteiger partial charge in [0, 0.05) is 20.1 Å². The van der Waals surface area contributed by atoms with Gasteiger partial charge in [0.25, 0.3) is 0 Å². The number of piperidine rings is 1. The number of imidazole rings is 1. The molecule has 0 amide bonds. The van der Waals surface area contributed by atoms with Crippen LogP contribution in [0.15, 0.2) is 41.5 Å². The third-order valence-corrected chi connectivity index (χ3v) is 5.75. The minimum Gasteiger partial charge on any atom is -0.357 e. The molecule has 1 aromatic heterocycles. The molecule has 1 aliphatic heterocycles. The molecule has 2 N–H and O–H groups in total. The van der Waals surface area contributed by atoms with Gasteiger partial charge in [-0.2, -0.15) is 0 Å². The van der Waals surface area contributed by atoms with Gasteiger partial charge in [-0.3, -0.25) is 4.99 Å². The van der Waals surface area contributed by atoms with Gasteiger partial charge in [0.1, 0.15) is 5.82 Å². The summed E-state index contributed by atoms with van der Waals surface area (Å²) in [5.74, 6) is 2.72. The van der Waals surface area contributed by atoms with Gasteiger partial charge in [-0.05, 0) is 57.3 Å². The van der Waals surface area contributed by atoms with Gasteiger partial charge < -0.3 is 20.1 Å². The van der Waals surface area contributed by atoms with Crippen LogP contribution in [0.5, 0.6) is 0 Å². The maximum Gasteiger partial charge on any atom is 0.194 e. The molecule has 0 bridgehead atoms. The van der Waals surface area contributed by atoms with E-state index in [1.165, 1.54) is 38.9 Å². The fourth-order valence-corrected chi connectivity index (χ4v) is 3.92. The first-order chi connectivity index (χ1) is 14.2. The van der Waals surface area contributed by atoms with Gasteiger partial charge in [0.2, 0.25) is 0 Å². The predicted molar refractivity (Wildman–Crippen MR) is 121 cm³/mol. The summed E-state index contributed by atoms with van der Waals surface area (Å²) in [4.78, 5) is 17.6. The van der Waals surface area contributed by atoms with Crippen molar-refractivity contribution in [2.75, 3.05) is 39.8 Å². The molecule has 158 valence electrons. The number of rotatable bonds is 8. The van der Waals surface area contributed by atoms with Crippen LogP contribution in [0.4, 0.5) is 0 Å². The lowest BCUT2D eigenvalue weighted by Crippen LogP contribution is -2.39. The first-order valence-corrected chi connectivity index (χ1v) is 11.0. The van der Waals surface area contributed by atoms with Crippen molar-refractivity contribution in [3.8, 4) is 11.3 Å². The maximum absolute atomic E-state index is 4.88. The van der Waals surface area contributed by atoms with Crippen molar-refractivity contribution in [3.05, 3.63) is 42.4 Å². The summed E-state index contributed by atoms with van der Waals surface area (Å²) in [5.41, 5.74) is 2.21. The number of likely N-dealkylation sites (tertiary alicyclic amines) is 1. The average molecular weight is 397 g/mol. The Bertz CT molecular complexity index is 746. The van der Waals surface area contributed by atoms with Crippen LogP contribution in [0.2, 0.25) is 0 Å². The molecule has 0 saturated carbocycles. The lowest BCUT2D eigenvalue weighted by molar-refractivity contribution is 0.188. The molecule has 1 saturated heterocycles. The Morgan fingerprint density at radius 2 is 2.00 bits per heavy atom. The molecule has 2 aromatic rings. The zero-order valence-electron chi connectivity index (χ0n) is 18.2. The van der Waals surface area contributed by atoms with Gasteiger partial charge >= 0.3 is 0 Å². The molecule has 0 radical (unpaired) electrons. The summed E-state index contributed by atoms with van der Waals surface area (Å²) in [6.45, 7) is 10.5. The molecule has 1 aliphatic rings. The van der Waals surface area contributed by atoms with Crippen LogP contribution in [-0.4, -0.2) is 65.5 Å². The smallest absolute Gasteiger partial charge is 0.194 e. The second-order valence-corrected chi connectivity index (χ2v) is 7.87. The molecule has 1 aromatic carbocycles. The highest BCUT2D eigenvalue weighted by Crippen LogP contribution is 2.20. The SMILES string of the molecule is CCNC(=NCCC1CCN(CC)CC1)N(C)Cc1ncc(-c2ccccc2)[nH]1. The number of benzene rings is 1. The van der Waals surface area contributed by atoms with Crippen LogP contribution < -0.4 is 5.32 Å². The third kappa shape index (κ3) is 6.32. The summed E-state index contributed by atoms with van der Waals surface area (Å²) < 4.78 is 0. The minimum atomic E-state index is 0.702. The Balaban J connectivity index is 1.53. The van der Waals surface area contributed by atoms with Crippen LogP contribution in [0.3, 0.4) is 0 Å². The number of aromatic amines is 1. The van der Waals surface area contributed by atoms with Gasteiger partial charge in [0.05, 0.1) is 18.4 Å². The fraction of sp³-hybridized carbons (Fsp3) is 0.565. The second-order valence-electron chi connectivity index (χ2n) is 7.87. The van der Waals surface area contributed by atoms with Crippen molar-refractivity contribution >= 4 is 5.96 Å². The lowest BCUT2D eigenvalue weighted by Gasteiger charge is -2.30. The Morgan fingerprint density at radius 1 is 1.24 bits per heavy atom. The van der Waals surface area contributed by atoms with Crippen molar-refractivity contribution in [2.45, 2.75) is 39.7 Å². The van der Waals surface area contributed by atoms with Gasteiger partial charge in [-0.1, -0.05) is 37.3 Å². The highest BCUT2D eigenvalue weighted by Gasteiger charge is 2.17. The summed E-state index contributed by atoms with van der Waals surface area (Å²) in [7, 11) is 2.08. The summed E-state index contributed by atoms with van der Waals surface area (Å²) >= 11 is 0. The molecule has 29 heavy (non-hydrogen) atoms. The standard InChI is InChI=1S/C23H36N6/c1-4-24-23(25-14-11-19-12-15-29(5-2)16-13-19)28(3)18-22-26-17-21(27-22)20-9-7-6-8-10-20/h6-10,17,19H,4-5,11-16,18H2,1-3H3,(H,24,25)(H,26,27). The van der Waals surface area contributed by atoms with E-state index >= 15 is 0 Å². The van der Waals surface area contributed by atoms with Crippen molar-refractivity contribution in [1.82, 2.24) is 25.1 Å². The fourth-order valence-electron chi connectivity index (χ4n) is 3.92. The zero-order valence-corrected chi connectivity index (χ0v) is 18.2. The monoisotopic (exact) mass is 396 g/mol. The van der Waals surface area contributed by atoms with Crippen molar-refractivity contribution in [3.63, 3.8) is 0 Å². The van der Waals surface area contributed by atoms with Gasteiger partial charge in [-0.15, -0.1) is 0 Å². The van der Waals surface area contributed by atoms with E-state index in [-0.39, 0.29) is 0 Å². The van der Waals surface area contributed by atoms with Crippen LogP contribution >= 0.6 is 0 Å². The van der Waals surface area contributed by atoms with Gasteiger partial charge in [0.15, 0.2) is 5.96 Å². The molecule has 2 heterocycles. The average Bonchev–Trinajstić information content (AvgIpc) is 3.22. The molecular formula is C23H36N6. The summed E-state index contributed by atoms with van der Waals surface area (Å²) in [5, 5.41) is 3.42. The van der Waals surface area contributed by atoms with Crippen molar-refractivity contribution in [2.24, 2.45) is 10.9 Å². The molecule has 6 nitrogen and oxygen atoms in total. The summed E-state index contributed by atoms with van der Waals surface area (Å²) in [6, 6.07) is 10.3. The highest BCUT2D eigenvalue weighted by molar-refractivity contribution is 5.79. The zero-order chi connectivity index (χ0) is 20.5. The predicted octanol–water partition coefficient (Wildman–Crippen LogP) is 3.60. The Morgan fingerprint density at radius 3 is 2.69 bits per heavy atom. The number of nitrogens with one attached hydrogen (secondary N) is 2. The molecular weight excluding hydrogens is 360 g/mol. The molecule has 3 rings (SSSR count). The number of H-pyrrole nitrogens is 1. The minimum absolute atomic E-state index is 0.702. The second kappa shape index (κ2) is 11.0. The van der Waals surface area contributed by atoms with E-state index in [1.807, 2.05) is 24.4 Å². The van der Waals surface area contributed by atoms with Crippen molar-refractivity contribution < 1.29 is 0 Å². The first-order valence-electron chi connectivity index (χ1n) is 11.0. The van der Waals surface area contributed by atoms with E-state index in [0.717, 1.165) is 42.0 Å². The number of nitrogens with zero attached hydrogens (tertiary/aromatic N) is 4. The van der Waals surface area contributed by atoms with E-state index in [9.17, 15) is 0 Å². The molecule has 0 unspecified atom stereocenters. The first kappa shape index (κ1) is 21.4. The van der Waals surface area contributed by atoms with E-state index in [1.54, 1.807) is 0 Å². The van der Waals surface area contributed by atoms with E-state index in [0.29, 0.717) is 6.54 Å². The highest BCUT2D eigenvalue weighted by atomic mass is 15.3. The number of hydrogen-bond acceptors (Lipinski definition) is 3. The molecule has 1 fully saturated rings. The maximum atomic E-state index is 4.88. The largest absolute Gasteiger partial charge is 0.357 e. The van der Waals surface area contributed by atoms with Crippen LogP contribution in [-0.2, 0) is 6.54 Å². The Kier molecular flexibility index (Phi) is 8.11. The lowest BCUT2D eigenvalue weighted by atomic mass is 9.94. The Labute approximate surface area is 175 Å². The molecule has 0 atom stereocenters. The molecule has 6 heteroatoms. The number of hydrogen-bond donors (Lipinski definition) is 2. The number of guanidine groups is 1. The van der Waals surface area contributed by atoms with Crippen LogP contribution in [0.25, 0.3) is 11.3 Å². The number of aliphatic imine (C=N–C) groups is 1. The number of aromatic nitrogens is 2. The van der Waals surface area contributed by atoms with E-state index < -0.39 is 0 Å². The van der Waals surface area contributed by atoms with E-state index in [4.69, 9.17) is 4.99 Å².